The molecule has 0 radical (unpaired) electrons. The zero-order valence-electron chi connectivity index (χ0n) is 8.85. The lowest BCUT2D eigenvalue weighted by Gasteiger charge is -2.31. The van der Waals surface area contributed by atoms with Gasteiger partial charge in [-0.25, -0.2) is 0 Å². The zero-order chi connectivity index (χ0) is 9.19. The molecule has 1 atom stereocenters. The highest BCUT2D eigenvalue weighted by Gasteiger charge is 2.29. The minimum absolute atomic E-state index is 0.513. The molecular formula is C10H22N2. The van der Waals surface area contributed by atoms with Crippen molar-refractivity contribution in [1.82, 2.24) is 10.2 Å². The van der Waals surface area contributed by atoms with E-state index in [1.54, 1.807) is 0 Å². The summed E-state index contributed by atoms with van der Waals surface area (Å²) in [7, 11) is 2.22. The maximum Gasteiger partial charge on any atom is 0.00476 e. The van der Waals surface area contributed by atoms with Gasteiger partial charge in [-0.1, -0.05) is 6.92 Å². The molecule has 1 aliphatic rings. The van der Waals surface area contributed by atoms with Gasteiger partial charge in [0.05, 0.1) is 0 Å². The van der Waals surface area contributed by atoms with Gasteiger partial charge >= 0.3 is 0 Å². The van der Waals surface area contributed by atoms with Gasteiger partial charge in [-0.3, -0.25) is 0 Å². The maximum absolute atomic E-state index is 3.43. The Morgan fingerprint density at radius 2 is 2.17 bits per heavy atom. The third-order valence-corrected chi connectivity index (χ3v) is 2.97. The quantitative estimate of drug-likeness (QED) is 0.687. The molecule has 1 rings (SSSR count). The molecule has 0 bridgehead atoms. The monoisotopic (exact) mass is 170 g/mol. The largest absolute Gasteiger partial charge is 0.316 e. The highest BCUT2D eigenvalue weighted by molar-refractivity contribution is 4.86. The Labute approximate surface area is 76.3 Å². The van der Waals surface area contributed by atoms with E-state index in [1.807, 2.05) is 0 Å². The van der Waals surface area contributed by atoms with E-state index in [4.69, 9.17) is 0 Å². The third-order valence-electron chi connectivity index (χ3n) is 2.97. The molecule has 0 saturated carbocycles. The highest BCUT2D eigenvalue weighted by Crippen LogP contribution is 2.25. The summed E-state index contributed by atoms with van der Waals surface area (Å²) in [6.45, 7) is 10.5. The van der Waals surface area contributed by atoms with Gasteiger partial charge in [-0.15, -0.1) is 0 Å². The average Bonchev–Trinajstić information content (AvgIpc) is 2.35. The Balaban J connectivity index is 2.38. The molecule has 1 N–H and O–H groups in total. The van der Waals surface area contributed by atoms with E-state index in [-0.39, 0.29) is 0 Å². The van der Waals surface area contributed by atoms with Crippen LogP contribution < -0.4 is 5.32 Å². The smallest absolute Gasteiger partial charge is 0.00476 e. The molecule has 0 spiro atoms. The number of nitrogens with zero attached hydrogens (tertiary/aromatic N) is 1. The molecule has 1 aliphatic heterocycles. The third kappa shape index (κ3) is 2.46. The molecule has 0 aliphatic carbocycles. The van der Waals surface area contributed by atoms with Crippen molar-refractivity contribution in [2.75, 3.05) is 26.7 Å². The first kappa shape index (κ1) is 10.0. The van der Waals surface area contributed by atoms with E-state index >= 15 is 0 Å². The summed E-state index contributed by atoms with van der Waals surface area (Å²) in [4.78, 5) is 2.44. The normalized spacial score (nSPS) is 30.5. The van der Waals surface area contributed by atoms with Crippen molar-refractivity contribution in [1.29, 1.82) is 0 Å². The van der Waals surface area contributed by atoms with E-state index in [1.165, 1.54) is 26.1 Å². The Morgan fingerprint density at radius 3 is 2.58 bits per heavy atom. The van der Waals surface area contributed by atoms with Crippen molar-refractivity contribution >= 4 is 0 Å². The SMILES string of the molecule is CC(C)N(C)CC1(C)CCNC1. The van der Waals surface area contributed by atoms with E-state index in [0.29, 0.717) is 11.5 Å². The van der Waals surface area contributed by atoms with Gasteiger partial charge in [0.1, 0.15) is 0 Å². The summed E-state index contributed by atoms with van der Waals surface area (Å²) in [5, 5.41) is 3.43. The van der Waals surface area contributed by atoms with Crippen LogP contribution in [0.3, 0.4) is 0 Å². The van der Waals surface area contributed by atoms with Crippen LogP contribution >= 0.6 is 0 Å². The Kier molecular flexibility index (Phi) is 3.13. The molecule has 12 heavy (non-hydrogen) atoms. The van der Waals surface area contributed by atoms with Crippen LogP contribution in [-0.4, -0.2) is 37.6 Å². The summed E-state index contributed by atoms with van der Waals surface area (Å²) >= 11 is 0. The van der Waals surface area contributed by atoms with Gasteiger partial charge < -0.3 is 10.2 Å². The molecule has 0 amide bonds. The van der Waals surface area contributed by atoms with Gasteiger partial charge in [-0.05, 0) is 39.3 Å². The lowest BCUT2D eigenvalue weighted by Crippen LogP contribution is -2.38. The first-order valence-corrected chi connectivity index (χ1v) is 4.94. The Bertz CT molecular complexity index is 137. The van der Waals surface area contributed by atoms with Crippen LogP contribution in [-0.2, 0) is 0 Å². The van der Waals surface area contributed by atoms with Crippen LogP contribution in [0, 0.1) is 5.41 Å². The van der Waals surface area contributed by atoms with E-state index in [2.05, 4.69) is 38.0 Å². The lowest BCUT2D eigenvalue weighted by atomic mass is 9.89. The first-order chi connectivity index (χ1) is 5.53. The summed E-state index contributed by atoms with van der Waals surface area (Å²) < 4.78 is 0. The lowest BCUT2D eigenvalue weighted by molar-refractivity contribution is 0.177. The van der Waals surface area contributed by atoms with Crippen LogP contribution in [0.2, 0.25) is 0 Å². The van der Waals surface area contributed by atoms with Crippen molar-refractivity contribution in [3.63, 3.8) is 0 Å². The van der Waals surface area contributed by atoms with E-state index in [0.717, 1.165) is 0 Å². The van der Waals surface area contributed by atoms with Crippen LogP contribution in [0.1, 0.15) is 27.2 Å². The predicted octanol–water partition coefficient (Wildman–Crippen LogP) is 1.33. The molecule has 1 fully saturated rings. The van der Waals surface area contributed by atoms with Gasteiger partial charge in [-0.2, -0.15) is 0 Å². The minimum Gasteiger partial charge on any atom is -0.316 e. The predicted molar refractivity (Wildman–Crippen MR) is 53.4 cm³/mol. The molecule has 0 aromatic heterocycles. The summed E-state index contributed by atoms with van der Waals surface area (Å²) in [5.74, 6) is 0. The molecule has 1 heterocycles. The van der Waals surface area contributed by atoms with Crippen molar-refractivity contribution in [3.05, 3.63) is 0 Å². The van der Waals surface area contributed by atoms with Crippen LogP contribution in [0.5, 0.6) is 0 Å². The molecule has 0 aromatic rings. The second-order valence-electron chi connectivity index (χ2n) is 4.75. The molecule has 72 valence electrons. The van der Waals surface area contributed by atoms with Crippen molar-refractivity contribution in [2.24, 2.45) is 5.41 Å². The average molecular weight is 170 g/mol. The fourth-order valence-corrected chi connectivity index (χ4v) is 1.79. The van der Waals surface area contributed by atoms with Crippen molar-refractivity contribution in [2.45, 2.75) is 33.2 Å². The number of nitrogens with one attached hydrogen (secondary N) is 1. The number of hydrogen-bond donors (Lipinski definition) is 1. The summed E-state index contributed by atoms with van der Waals surface area (Å²) in [6.07, 6.45) is 1.32. The van der Waals surface area contributed by atoms with Gasteiger partial charge in [0.25, 0.3) is 0 Å². The maximum atomic E-state index is 3.43. The fraction of sp³-hybridized carbons (Fsp3) is 1.00. The topological polar surface area (TPSA) is 15.3 Å². The van der Waals surface area contributed by atoms with Crippen LogP contribution in [0.4, 0.5) is 0 Å². The first-order valence-electron chi connectivity index (χ1n) is 4.94. The Morgan fingerprint density at radius 1 is 1.50 bits per heavy atom. The summed E-state index contributed by atoms with van der Waals surface area (Å²) in [6, 6.07) is 0.669. The van der Waals surface area contributed by atoms with Crippen LogP contribution in [0.25, 0.3) is 0 Å². The molecule has 0 aromatic carbocycles. The molecule has 1 saturated heterocycles. The van der Waals surface area contributed by atoms with Gasteiger partial charge in [0, 0.05) is 19.1 Å². The molecule has 2 heteroatoms. The van der Waals surface area contributed by atoms with Crippen LogP contribution in [0.15, 0.2) is 0 Å². The van der Waals surface area contributed by atoms with Crippen molar-refractivity contribution < 1.29 is 0 Å². The van der Waals surface area contributed by atoms with E-state index in [9.17, 15) is 0 Å². The number of rotatable bonds is 3. The molecule has 2 nitrogen and oxygen atoms in total. The molecule has 1 unspecified atom stereocenters. The highest BCUT2D eigenvalue weighted by atomic mass is 15.1. The van der Waals surface area contributed by atoms with Gasteiger partial charge in [0.15, 0.2) is 0 Å². The minimum atomic E-state index is 0.513. The fourth-order valence-electron chi connectivity index (χ4n) is 1.79. The van der Waals surface area contributed by atoms with Gasteiger partial charge in [0.2, 0.25) is 0 Å². The summed E-state index contributed by atoms with van der Waals surface area (Å²) in [5.41, 5.74) is 0.513. The Hall–Kier alpha value is -0.0800. The zero-order valence-corrected chi connectivity index (χ0v) is 8.85. The van der Waals surface area contributed by atoms with Crippen molar-refractivity contribution in [3.8, 4) is 0 Å². The second-order valence-corrected chi connectivity index (χ2v) is 4.75. The number of hydrogen-bond acceptors (Lipinski definition) is 2. The standard InChI is InChI=1S/C10H22N2/c1-9(2)12(4)8-10(3)5-6-11-7-10/h9,11H,5-8H2,1-4H3. The van der Waals surface area contributed by atoms with E-state index < -0.39 is 0 Å². The second kappa shape index (κ2) is 3.75. The molecular weight excluding hydrogens is 148 g/mol.